The van der Waals surface area contributed by atoms with Crippen LogP contribution in [0.3, 0.4) is 0 Å². The van der Waals surface area contributed by atoms with E-state index in [1.807, 2.05) is 0 Å². The molecule has 3 nitrogen and oxygen atoms in total. The first-order valence-corrected chi connectivity index (χ1v) is 8.30. The molecule has 0 amide bonds. The number of aliphatic hydroxyl groups is 1. The van der Waals surface area contributed by atoms with Crippen LogP contribution in [0.1, 0.15) is 59.3 Å². The predicted octanol–water partition coefficient (Wildman–Crippen LogP) is 2.64. The third-order valence-electron chi connectivity index (χ3n) is 4.33. The van der Waals surface area contributed by atoms with E-state index in [4.69, 9.17) is 0 Å². The largest absolute Gasteiger partial charge is 0.394 e. The third kappa shape index (κ3) is 5.41. The lowest BCUT2D eigenvalue weighted by Gasteiger charge is -2.38. The summed E-state index contributed by atoms with van der Waals surface area (Å²) in [6, 6.07) is 0. The standard InChI is InChI=1S/C16H34N2O/c1-4-7-11-18(12-8-5-2)13-16(14-19,17-6-3)15-9-10-15/h15,17,19H,4-14H2,1-3H3. The molecule has 2 N–H and O–H groups in total. The van der Waals surface area contributed by atoms with Gasteiger partial charge in [0.05, 0.1) is 12.1 Å². The number of nitrogens with zero attached hydrogens (tertiary/aromatic N) is 1. The smallest absolute Gasteiger partial charge is 0.0628 e. The summed E-state index contributed by atoms with van der Waals surface area (Å²) in [5, 5.41) is 13.5. The zero-order valence-electron chi connectivity index (χ0n) is 13.2. The topological polar surface area (TPSA) is 35.5 Å². The van der Waals surface area contributed by atoms with Crippen LogP contribution in [0.2, 0.25) is 0 Å². The van der Waals surface area contributed by atoms with Crippen molar-refractivity contribution in [3.05, 3.63) is 0 Å². The first kappa shape index (κ1) is 16.9. The van der Waals surface area contributed by atoms with Crippen LogP contribution in [0, 0.1) is 5.92 Å². The average molecular weight is 270 g/mol. The lowest BCUT2D eigenvalue weighted by atomic mass is 9.92. The van der Waals surface area contributed by atoms with Gasteiger partial charge in [-0.1, -0.05) is 33.6 Å². The van der Waals surface area contributed by atoms with Crippen molar-refractivity contribution in [2.45, 2.75) is 64.8 Å². The van der Waals surface area contributed by atoms with Crippen molar-refractivity contribution in [2.24, 2.45) is 5.92 Å². The van der Waals surface area contributed by atoms with Crippen LogP contribution in [0.5, 0.6) is 0 Å². The number of nitrogens with one attached hydrogen (secondary N) is 1. The molecule has 1 rings (SSSR count). The molecule has 1 saturated carbocycles. The number of aliphatic hydroxyl groups excluding tert-OH is 1. The second-order valence-corrected chi connectivity index (χ2v) is 6.10. The van der Waals surface area contributed by atoms with Crippen LogP contribution in [0.4, 0.5) is 0 Å². The quantitative estimate of drug-likeness (QED) is 0.572. The summed E-state index contributed by atoms with van der Waals surface area (Å²) >= 11 is 0. The molecule has 19 heavy (non-hydrogen) atoms. The highest BCUT2D eigenvalue weighted by Crippen LogP contribution is 2.40. The maximum Gasteiger partial charge on any atom is 0.0628 e. The SMILES string of the molecule is CCCCN(CCCC)CC(CO)(NCC)C1CC1. The van der Waals surface area contributed by atoms with E-state index in [-0.39, 0.29) is 12.1 Å². The molecule has 0 bridgehead atoms. The van der Waals surface area contributed by atoms with Gasteiger partial charge in [0.25, 0.3) is 0 Å². The Bertz CT molecular complexity index is 223. The Hall–Kier alpha value is -0.120. The molecule has 1 aliphatic carbocycles. The van der Waals surface area contributed by atoms with Crippen molar-refractivity contribution >= 4 is 0 Å². The Kier molecular flexibility index (Phi) is 7.96. The van der Waals surface area contributed by atoms with Gasteiger partial charge in [0.1, 0.15) is 0 Å². The van der Waals surface area contributed by atoms with Gasteiger partial charge in [-0.05, 0) is 51.2 Å². The Morgan fingerprint density at radius 2 is 1.68 bits per heavy atom. The van der Waals surface area contributed by atoms with Crippen LogP contribution in [-0.2, 0) is 0 Å². The molecule has 1 unspecified atom stereocenters. The summed E-state index contributed by atoms with van der Waals surface area (Å²) in [6.45, 7) is 11.3. The molecule has 0 radical (unpaired) electrons. The molecule has 0 aromatic heterocycles. The average Bonchev–Trinajstić information content (AvgIpc) is 3.25. The Morgan fingerprint density at radius 1 is 1.11 bits per heavy atom. The monoisotopic (exact) mass is 270 g/mol. The molecule has 1 atom stereocenters. The molecule has 0 spiro atoms. The van der Waals surface area contributed by atoms with Gasteiger partial charge in [0.15, 0.2) is 0 Å². The summed E-state index contributed by atoms with van der Waals surface area (Å²) in [7, 11) is 0. The Balaban J connectivity index is 2.59. The normalized spacial score (nSPS) is 18.8. The maximum atomic E-state index is 9.93. The molecular formula is C16H34N2O. The number of hydrogen-bond donors (Lipinski definition) is 2. The lowest BCUT2D eigenvalue weighted by molar-refractivity contribution is 0.0902. The van der Waals surface area contributed by atoms with Crippen molar-refractivity contribution in [2.75, 3.05) is 32.8 Å². The van der Waals surface area contributed by atoms with Gasteiger partial charge >= 0.3 is 0 Å². The van der Waals surface area contributed by atoms with E-state index in [0.29, 0.717) is 5.92 Å². The summed E-state index contributed by atoms with van der Waals surface area (Å²) in [6.07, 6.45) is 7.59. The van der Waals surface area contributed by atoms with Crippen LogP contribution >= 0.6 is 0 Å². The third-order valence-corrected chi connectivity index (χ3v) is 4.33. The van der Waals surface area contributed by atoms with Crippen molar-refractivity contribution in [1.29, 1.82) is 0 Å². The number of unbranched alkanes of at least 4 members (excludes halogenated alkanes) is 2. The minimum absolute atomic E-state index is 0.0454. The van der Waals surface area contributed by atoms with E-state index < -0.39 is 0 Å². The summed E-state index contributed by atoms with van der Waals surface area (Å²) in [4.78, 5) is 2.57. The fourth-order valence-corrected chi connectivity index (χ4v) is 2.98. The minimum Gasteiger partial charge on any atom is -0.394 e. The molecule has 114 valence electrons. The molecule has 0 heterocycles. The minimum atomic E-state index is -0.0454. The summed E-state index contributed by atoms with van der Waals surface area (Å²) in [5.74, 6) is 0.684. The van der Waals surface area contributed by atoms with E-state index >= 15 is 0 Å². The summed E-state index contributed by atoms with van der Waals surface area (Å²) < 4.78 is 0. The van der Waals surface area contributed by atoms with E-state index in [1.165, 1.54) is 51.6 Å². The highest BCUT2D eigenvalue weighted by molar-refractivity contribution is 5.02. The number of rotatable bonds is 12. The highest BCUT2D eigenvalue weighted by Gasteiger charge is 2.45. The van der Waals surface area contributed by atoms with Gasteiger partial charge in [-0.2, -0.15) is 0 Å². The zero-order valence-corrected chi connectivity index (χ0v) is 13.2. The second kappa shape index (κ2) is 8.93. The molecule has 1 fully saturated rings. The van der Waals surface area contributed by atoms with E-state index in [0.717, 1.165) is 13.1 Å². The first-order chi connectivity index (χ1) is 9.22. The molecular weight excluding hydrogens is 236 g/mol. The summed E-state index contributed by atoms with van der Waals surface area (Å²) in [5.41, 5.74) is -0.0454. The van der Waals surface area contributed by atoms with Crippen molar-refractivity contribution in [3.8, 4) is 0 Å². The fraction of sp³-hybridized carbons (Fsp3) is 1.00. The van der Waals surface area contributed by atoms with Crippen molar-refractivity contribution < 1.29 is 5.11 Å². The molecule has 0 aromatic rings. The zero-order chi connectivity index (χ0) is 14.1. The van der Waals surface area contributed by atoms with Gasteiger partial charge in [-0.15, -0.1) is 0 Å². The van der Waals surface area contributed by atoms with Gasteiger partial charge in [0.2, 0.25) is 0 Å². The predicted molar refractivity (Wildman–Crippen MR) is 82.5 cm³/mol. The first-order valence-electron chi connectivity index (χ1n) is 8.30. The molecule has 0 saturated heterocycles. The van der Waals surface area contributed by atoms with Gasteiger partial charge < -0.3 is 15.3 Å². The van der Waals surface area contributed by atoms with Gasteiger partial charge in [-0.25, -0.2) is 0 Å². The fourth-order valence-electron chi connectivity index (χ4n) is 2.98. The van der Waals surface area contributed by atoms with Crippen LogP contribution in [-0.4, -0.2) is 48.3 Å². The lowest BCUT2D eigenvalue weighted by Crippen LogP contribution is -2.58. The van der Waals surface area contributed by atoms with E-state index in [2.05, 4.69) is 31.0 Å². The second-order valence-electron chi connectivity index (χ2n) is 6.10. The molecule has 1 aliphatic rings. The maximum absolute atomic E-state index is 9.93. The van der Waals surface area contributed by atoms with Gasteiger partial charge in [-0.3, -0.25) is 0 Å². The van der Waals surface area contributed by atoms with Crippen LogP contribution in [0.15, 0.2) is 0 Å². The number of likely N-dealkylation sites (N-methyl/N-ethyl adjacent to an activating group) is 1. The van der Waals surface area contributed by atoms with E-state index in [9.17, 15) is 5.11 Å². The van der Waals surface area contributed by atoms with Crippen molar-refractivity contribution in [3.63, 3.8) is 0 Å². The van der Waals surface area contributed by atoms with Crippen LogP contribution in [0.25, 0.3) is 0 Å². The molecule has 0 aromatic carbocycles. The Morgan fingerprint density at radius 3 is 2.05 bits per heavy atom. The highest BCUT2D eigenvalue weighted by atomic mass is 16.3. The van der Waals surface area contributed by atoms with Gasteiger partial charge in [0, 0.05) is 6.54 Å². The Labute approximate surface area is 119 Å². The number of hydrogen-bond acceptors (Lipinski definition) is 3. The van der Waals surface area contributed by atoms with Crippen molar-refractivity contribution in [1.82, 2.24) is 10.2 Å². The van der Waals surface area contributed by atoms with E-state index in [1.54, 1.807) is 0 Å². The molecule has 0 aliphatic heterocycles. The molecule has 3 heteroatoms. The van der Waals surface area contributed by atoms with Crippen LogP contribution < -0.4 is 5.32 Å².